The lowest BCUT2D eigenvalue weighted by Gasteiger charge is -2.18. The molecule has 6 nitrogen and oxygen atoms in total. The van der Waals surface area contributed by atoms with Gasteiger partial charge in [0, 0.05) is 19.3 Å². The third-order valence-corrected chi connectivity index (χ3v) is 10.0. The van der Waals surface area contributed by atoms with Gasteiger partial charge in [-0.25, -0.2) is 0 Å². The number of hydrogen-bond donors (Lipinski definition) is 0. The average molecular weight is 847 g/mol. The third-order valence-electron chi connectivity index (χ3n) is 10.0. The van der Waals surface area contributed by atoms with Crippen molar-refractivity contribution in [1.29, 1.82) is 0 Å². The summed E-state index contributed by atoms with van der Waals surface area (Å²) in [5.74, 6) is -0.958. The van der Waals surface area contributed by atoms with E-state index in [0.29, 0.717) is 19.3 Å². The molecule has 61 heavy (non-hydrogen) atoms. The van der Waals surface area contributed by atoms with E-state index >= 15 is 0 Å². The van der Waals surface area contributed by atoms with Crippen molar-refractivity contribution in [2.75, 3.05) is 13.2 Å². The Kier molecular flexibility index (Phi) is 46.0. The first-order valence-corrected chi connectivity index (χ1v) is 24.7. The van der Waals surface area contributed by atoms with E-state index in [0.717, 1.165) is 161 Å². The highest BCUT2D eigenvalue weighted by molar-refractivity contribution is 5.71. The van der Waals surface area contributed by atoms with E-state index in [2.05, 4.69) is 118 Å². The number of esters is 3. The maximum Gasteiger partial charge on any atom is 0.306 e. The van der Waals surface area contributed by atoms with Crippen LogP contribution in [0, 0.1) is 0 Å². The Morgan fingerprint density at radius 1 is 0.344 bits per heavy atom. The molecule has 0 spiro atoms. The van der Waals surface area contributed by atoms with Gasteiger partial charge in [-0.2, -0.15) is 0 Å². The number of rotatable bonds is 43. The van der Waals surface area contributed by atoms with Gasteiger partial charge in [-0.3, -0.25) is 14.4 Å². The summed E-state index contributed by atoms with van der Waals surface area (Å²) in [6.45, 7) is 6.33. The van der Waals surface area contributed by atoms with E-state index in [1.54, 1.807) is 0 Å². The fraction of sp³-hybridized carbons (Fsp3) is 0.655. The van der Waals surface area contributed by atoms with E-state index in [-0.39, 0.29) is 31.1 Å². The lowest BCUT2D eigenvalue weighted by Crippen LogP contribution is -2.30. The van der Waals surface area contributed by atoms with E-state index in [9.17, 15) is 14.4 Å². The lowest BCUT2D eigenvalue weighted by atomic mass is 10.1. The molecular formula is C55H90O6. The van der Waals surface area contributed by atoms with Crippen LogP contribution in [0.15, 0.2) is 97.2 Å². The van der Waals surface area contributed by atoms with E-state index < -0.39 is 6.10 Å². The number of carbonyl (C=O) groups is 3. The minimum Gasteiger partial charge on any atom is -0.462 e. The first-order valence-electron chi connectivity index (χ1n) is 24.7. The molecule has 0 aromatic carbocycles. The Labute approximate surface area is 375 Å². The predicted octanol–water partition coefficient (Wildman–Crippen LogP) is 16.2. The van der Waals surface area contributed by atoms with Crippen molar-refractivity contribution in [3.8, 4) is 0 Å². The van der Waals surface area contributed by atoms with Gasteiger partial charge in [0.1, 0.15) is 13.2 Å². The predicted molar refractivity (Wildman–Crippen MR) is 260 cm³/mol. The van der Waals surface area contributed by atoms with Crippen LogP contribution in [-0.2, 0) is 28.6 Å². The van der Waals surface area contributed by atoms with Crippen molar-refractivity contribution in [3.05, 3.63) is 97.2 Å². The fourth-order valence-corrected chi connectivity index (χ4v) is 6.33. The molecule has 6 heteroatoms. The van der Waals surface area contributed by atoms with Crippen LogP contribution in [-0.4, -0.2) is 37.2 Å². The zero-order valence-electron chi connectivity index (χ0n) is 39.4. The van der Waals surface area contributed by atoms with Crippen LogP contribution in [0.2, 0.25) is 0 Å². The molecule has 0 heterocycles. The number of allylic oxidation sites excluding steroid dienone is 16. The second-order valence-corrected chi connectivity index (χ2v) is 16.0. The van der Waals surface area contributed by atoms with Gasteiger partial charge in [-0.15, -0.1) is 0 Å². The summed E-state index contributed by atoms with van der Waals surface area (Å²) in [7, 11) is 0. The second-order valence-electron chi connectivity index (χ2n) is 16.0. The monoisotopic (exact) mass is 847 g/mol. The molecule has 0 radical (unpaired) electrons. The molecule has 0 bridgehead atoms. The molecule has 0 saturated carbocycles. The normalized spacial score (nSPS) is 12.9. The Hall–Kier alpha value is -3.67. The van der Waals surface area contributed by atoms with Crippen LogP contribution in [0.4, 0.5) is 0 Å². The summed E-state index contributed by atoms with van der Waals surface area (Å²) in [4.78, 5) is 37.9. The summed E-state index contributed by atoms with van der Waals surface area (Å²) < 4.78 is 16.7. The van der Waals surface area contributed by atoms with Crippen LogP contribution in [0.25, 0.3) is 0 Å². The van der Waals surface area contributed by atoms with Gasteiger partial charge in [0.05, 0.1) is 0 Å². The zero-order valence-corrected chi connectivity index (χ0v) is 39.4. The minimum absolute atomic E-state index is 0.100. The summed E-state index contributed by atoms with van der Waals surface area (Å²) in [5.41, 5.74) is 0. The summed E-state index contributed by atoms with van der Waals surface area (Å²) in [6.07, 6.45) is 63.8. The highest BCUT2D eigenvalue weighted by Gasteiger charge is 2.19. The summed E-state index contributed by atoms with van der Waals surface area (Å²) in [6, 6.07) is 0. The summed E-state index contributed by atoms with van der Waals surface area (Å²) >= 11 is 0. The quantitative estimate of drug-likeness (QED) is 0.0263. The number of unbranched alkanes of at least 4 members (excludes halogenated alkanes) is 16. The molecule has 0 aliphatic carbocycles. The first-order chi connectivity index (χ1) is 30.0. The van der Waals surface area contributed by atoms with Gasteiger partial charge in [-0.1, -0.05) is 182 Å². The molecule has 1 atom stereocenters. The molecule has 0 aliphatic rings. The fourth-order valence-electron chi connectivity index (χ4n) is 6.33. The summed E-state index contributed by atoms with van der Waals surface area (Å²) in [5, 5.41) is 0. The van der Waals surface area contributed by atoms with E-state index in [1.807, 2.05) is 0 Å². The smallest absolute Gasteiger partial charge is 0.306 e. The molecular weight excluding hydrogens is 757 g/mol. The van der Waals surface area contributed by atoms with Crippen LogP contribution in [0.3, 0.4) is 0 Å². The van der Waals surface area contributed by atoms with E-state index in [4.69, 9.17) is 14.2 Å². The molecule has 0 saturated heterocycles. The number of carbonyl (C=O) groups excluding carboxylic acids is 3. The third kappa shape index (κ3) is 47.2. The Morgan fingerprint density at radius 3 is 1.00 bits per heavy atom. The second kappa shape index (κ2) is 49.0. The standard InChI is InChI=1S/C55H90O6/c1-4-7-10-13-16-19-22-25-26-27-28-31-33-36-39-42-45-48-54(57)60-51-52(61-55(58)49-46-43-40-37-34-30-24-21-18-15-12-9-6-3)50-59-53(56)47-44-41-38-35-32-29-23-20-17-14-11-8-5-2/h7,10-12,14-16,19-21,23-26,28,31,52H,4-6,8-9,13,17-18,22,27,29-30,32-51H2,1-3H3/b10-7-,14-11-,15-12-,19-16-,23-20-,24-21-,26-25-,31-28-. The van der Waals surface area contributed by atoms with Gasteiger partial charge in [0.15, 0.2) is 6.10 Å². The molecule has 0 amide bonds. The minimum atomic E-state index is -0.801. The van der Waals surface area contributed by atoms with Gasteiger partial charge < -0.3 is 14.2 Å². The largest absolute Gasteiger partial charge is 0.462 e. The van der Waals surface area contributed by atoms with Crippen molar-refractivity contribution < 1.29 is 28.6 Å². The molecule has 0 aromatic heterocycles. The molecule has 1 unspecified atom stereocenters. The van der Waals surface area contributed by atoms with Gasteiger partial charge in [-0.05, 0) is 109 Å². The van der Waals surface area contributed by atoms with E-state index in [1.165, 1.54) is 12.8 Å². The van der Waals surface area contributed by atoms with Crippen LogP contribution in [0.1, 0.15) is 213 Å². The Bertz CT molecular complexity index is 1250. The Morgan fingerprint density at radius 2 is 0.639 bits per heavy atom. The maximum absolute atomic E-state index is 12.8. The van der Waals surface area contributed by atoms with Crippen molar-refractivity contribution >= 4 is 17.9 Å². The van der Waals surface area contributed by atoms with Crippen molar-refractivity contribution in [2.24, 2.45) is 0 Å². The molecule has 0 aromatic rings. The Balaban J connectivity index is 4.47. The zero-order chi connectivity index (χ0) is 44.4. The highest BCUT2D eigenvalue weighted by Crippen LogP contribution is 2.13. The SMILES string of the molecule is CC/C=C\C/C=C\C/C=C\C/C=C\CCCCCCC(=O)OCC(COC(=O)CCCCCCC/C=C\C/C=C\CCC)OC(=O)CCCCCCC/C=C\C/C=C\CCC. The highest BCUT2D eigenvalue weighted by atomic mass is 16.6. The molecule has 0 fully saturated rings. The van der Waals surface area contributed by atoms with Crippen LogP contribution < -0.4 is 0 Å². The maximum atomic E-state index is 12.8. The van der Waals surface area contributed by atoms with Gasteiger partial charge >= 0.3 is 17.9 Å². The molecule has 0 rings (SSSR count). The van der Waals surface area contributed by atoms with Crippen molar-refractivity contribution in [1.82, 2.24) is 0 Å². The van der Waals surface area contributed by atoms with Crippen LogP contribution >= 0.6 is 0 Å². The molecule has 0 N–H and O–H groups in total. The first kappa shape index (κ1) is 57.3. The molecule has 346 valence electrons. The van der Waals surface area contributed by atoms with Crippen molar-refractivity contribution in [2.45, 2.75) is 219 Å². The van der Waals surface area contributed by atoms with Crippen molar-refractivity contribution in [3.63, 3.8) is 0 Å². The van der Waals surface area contributed by atoms with Crippen LogP contribution in [0.5, 0.6) is 0 Å². The van der Waals surface area contributed by atoms with Gasteiger partial charge in [0.2, 0.25) is 0 Å². The molecule has 0 aliphatic heterocycles. The topological polar surface area (TPSA) is 78.9 Å². The average Bonchev–Trinajstić information content (AvgIpc) is 3.26. The lowest BCUT2D eigenvalue weighted by molar-refractivity contribution is -0.167. The number of ether oxygens (including phenoxy) is 3. The number of hydrogen-bond acceptors (Lipinski definition) is 6. The van der Waals surface area contributed by atoms with Gasteiger partial charge in [0.25, 0.3) is 0 Å².